The first-order valence-corrected chi connectivity index (χ1v) is 17.4. The van der Waals surface area contributed by atoms with Crippen molar-refractivity contribution in [1.82, 2.24) is 19.8 Å². The van der Waals surface area contributed by atoms with Gasteiger partial charge in [0.05, 0.1) is 16.4 Å². The molecule has 2 saturated heterocycles. The molecule has 2 aromatic carbocycles. The van der Waals surface area contributed by atoms with Crippen LogP contribution >= 0.6 is 22.7 Å². The number of ether oxygens (including phenoxy) is 2. The maximum atomic E-state index is 13.0. The third kappa shape index (κ3) is 9.93. The SMILES string of the molecule is CC(C)(C)OC(=O)N1CC(=Cc2nc(-c3ccc(F)cc3)cs2)C1.CC(C)(C)OC(=O)N1CC(Cc2nc(-c3ccc(F)cc3)cs2)C1.[HH]. The fourth-order valence-electron chi connectivity index (χ4n) is 4.85. The van der Waals surface area contributed by atoms with Gasteiger partial charge in [0.15, 0.2) is 0 Å². The molecule has 0 N–H and O–H groups in total. The zero-order valence-electron chi connectivity index (χ0n) is 28.0. The van der Waals surface area contributed by atoms with E-state index < -0.39 is 11.2 Å². The van der Waals surface area contributed by atoms with Gasteiger partial charge in [0, 0.05) is 61.8 Å². The van der Waals surface area contributed by atoms with Gasteiger partial charge in [-0.1, -0.05) is 0 Å². The van der Waals surface area contributed by atoms with Gasteiger partial charge in [0.1, 0.15) is 27.8 Å². The Hall–Kier alpha value is -4.16. The lowest BCUT2D eigenvalue weighted by molar-refractivity contribution is -0.000922. The third-order valence-electron chi connectivity index (χ3n) is 7.19. The van der Waals surface area contributed by atoms with Crippen molar-refractivity contribution >= 4 is 40.9 Å². The summed E-state index contributed by atoms with van der Waals surface area (Å²) in [5.74, 6) is -0.0799. The molecular weight excluding hydrogens is 655 g/mol. The van der Waals surface area contributed by atoms with Crippen LogP contribution < -0.4 is 0 Å². The average Bonchev–Trinajstić information content (AvgIpc) is 3.61. The molecule has 0 spiro atoms. The summed E-state index contributed by atoms with van der Waals surface area (Å²) in [6.07, 6.45) is 2.32. The Bertz CT molecular complexity index is 1750. The van der Waals surface area contributed by atoms with Crippen molar-refractivity contribution in [3.63, 3.8) is 0 Å². The molecule has 0 saturated carbocycles. The number of carbonyl (C=O) groups excluding carboxylic acids is 2. The van der Waals surface area contributed by atoms with Crippen molar-refractivity contribution in [2.45, 2.75) is 59.2 Å². The number of rotatable bonds is 5. The number of likely N-dealkylation sites (tertiary alicyclic amines) is 2. The highest BCUT2D eigenvalue weighted by Gasteiger charge is 2.34. The van der Waals surface area contributed by atoms with Crippen molar-refractivity contribution in [3.05, 3.63) is 86.5 Å². The molecule has 4 heterocycles. The first-order valence-electron chi connectivity index (χ1n) is 15.7. The predicted molar refractivity (Wildman–Crippen MR) is 188 cm³/mol. The lowest BCUT2D eigenvalue weighted by Gasteiger charge is -2.39. The largest absolute Gasteiger partial charge is 0.444 e. The van der Waals surface area contributed by atoms with Crippen molar-refractivity contribution in [2.24, 2.45) is 5.92 Å². The van der Waals surface area contributed by atoms with Crippen LogP contribution in [0.3, 0.4) is 0 Å². The van der Waals surface area contributed by atoms with Gasteiger partial charge in [0.2, 0.25) is 0 Å². The molecule has 256 valence electrons. The van der Waals surface area contributed by atoms with E-state index in [0.717, 1.165) is 44.5 Å². The topological polar surface area (TPSA) is 84.9 Å². The average molecular weight is 697 g/mol. The number of thiazole rings is 2. The normalized spacial score (nSPS) is 14.8. The van der Waals surface area contributed by atoms with Gasteiger partial charge >= 0.3 is 12.2 Å². The molecule has 6 rings (SSSR count). The molecule has 0 aliphatic carbocycles. The van der Waals surface area contributed by atoms with Gasteiger partial charge in [0.25, 0.3) is 0 Å². The van der Waals surface area contributed by atoms with E-state index in [1.807, 2.05) is 58.4 Å². The van der Waals surface area contributed by atoms with Crippen molar-refractivity contribution < 1.29 is 29.3 Å². The van der Waals surface area contributed by atoms with E-state index in [9.17, 15) is 18.4 Å². The van der Waals surface area contributed by atoms with E-state index in [1.54, 1.807) is 45.4 Å². The summed E-state index contributed by atoms with van der Waals surface area (Å²) in [5, 5.41) is 5.87. The molecule has 2 aromatic heterocycles. The van der Waals surface area contributed by atoms with Gasteiger partial charge in [-0.05, 0) is 102 Å². The predicted octanol–water partition coefficient (Wildman–Crippen LogP) is 9.19. The highest BCUT2D eigenvalue weighted by atomic mass is 32.1. The van der Waals surface area contributed by atoms with Gasteiger partial charge in [-0.25, -0.2) is 28.3 Å². The first kappa shape index (κ1) is 35.2. The Balaban J connectivity index is 0.000000216. The molecule has 2 amide bonds. The zero-order chi connectivity index (χ0) is 34.6. The van der Waals surface area contributed by atoms with Crippen LogP contribution in [-0.4, -0.2) is 69.3 Å². The molecule has 0 radical (unpaired) electrons. The Morgan fingerprint density at radius 3 is 1.79 bits per heavy atom. The van der Waals surface area contributed by atoms with Crippen LogP contribution in [0.15, 0.2) is 64.9 Å². The van der Waals surface area contributed by atoms with Crippen molar-refractivity contribution in [1.29, 1.82) is 0 Å². The number of carbonyl (C=O) groups is 2. The molecule has 2 aliphatic heterocycles. The van der Waals surface area contributed by atoms with Gasteiger partial charge in [-0.15, -0.1) is 22.7 Å². The lowest BCUT2D eigenvalue weighted by atomic mass is 9.97. The highest BCUT2D eigenvalue weighted by Crippen LogP contribution is 2.28. The maximum Gasteiger partial charge on any atom is 0.410 e. The molecule has 2 aliphatic rings. The summed E-state index contributed by atoms with van der Waals surface area (Å²) in [6, 6.07) is 12.7. The van der Waals surface area contributed by atoms with Crippen LogP contribution in [-0.2, 0) is 15.9 Å². The number of aromatic nitrogens is 2. The molecule has 48 heavy (non-hydrogen) atoms. The summed E-state index contributed by atoms with van der Waals surface area (Å²) >= 11 is 3.14. The van der Waals surface area contributed by atoms with Gasteiger partial charge in [-0.2, -0.15) is 0 Å². The number of amides is 2. The van der Waals surface area contributed by atoms with Gasteiger partial charge in [-0.3, -0.25) is 0 Å². The molecule has 4 aromatic rings. The minimum atomic E-state index is -0.476. The van der Waals surface area contributed by atoms with E-state index >= 15 is 0 Å². The second-order valence-corrected chi connectivity index (χ2v) is 15.6. The standard InChI is InChI=1S/C18H21FN2O2S.C18H19FN2O2S.H2/c2*1-18(2,3)23-17(22)21-9-12(10-21)8-16-20-15(11-24-16)13-4-6-14(19)7-5-13;/h4-7,11-12H,8-10H2,1-3H3;4-8,11H,9-10H2,1-3H3;1H. The van der Waals surface area contributed by atoms with E-state index in [2.05, 4.69) is 9.97 Å². The van der Waals surface area contributed by atoms with E-state index in [1.165, 1.54) is 35.6 Å². The van der Waals surface area contributed by atoms with E-state index in [-0.39, 0.29) is 25.2 Å². The Kier molecular flexibility index (Phi) is 10.6. The van der Waals surface area contributed by atoms with Crippen LogP contribution in [0, 0.1) is 17.6 Å². The Morgan fingerprint density at radius 1 is 0.792 bits per heavy atom. The van der Waals surface area contributed by atoms with E-state index in [0.29, 0.717) is 32.1 Å². The summed E-state index contributed by atoms with van der Waals surface area (Å²) in [4.78, 5) is 36.4. The molecule has 12 heteroatoms. The van der Waals surface area contributed by atoms with E-state index in [4.69, 9.17) is 9.47 Å². The molecule has 0 atom stereocenters. The molecular formula is C36H42F2N4O4S2. The number of hydrogen-bond donors (Lipinski definition) is 0. The van der Waals surface area contributed by atoms with Crippen molar-refractivity contribution in [3.8, 4) is 22.5 Å². The quantitative estimate of drug-likeness (QED) is 0.207. The molecule has 8 nitrogen and oxygen atoms in total. The molecule has 0 bridgehead atoms. The minimum Gasteiger partial charge on any atom is -0.444 e. The second-order valence-electron chi connectivity index (χ2n) is 13.8. The van der Waals surface area contributed by atoms with Crippen LogP contribution in [0.5, 0.6) is 0 Å². The summed E-state index contributed by atoms with van der Waals surface area (Å²) in [5.41, 5.74) is 3.72. The van der Waals surface area contributed by atoms with Crippen LogP contribution in [0.1, 0.15) is 53.0 Å². The van der Waals surface area contributed by atoms with Crippen LogP contribution in [0.4, 0.5) is 18.4 Å². The van der Waals surface area contributed by atoms with Crippen LogP contribution in [0.25, 0.3) is 28.6 Å². The number of halogens is 2. The number of benzene rings is 2. The third-order valence-corrected chi connectivity index (χ3v) is 8.86. The fourth-order valence-corrected chi connectivity index (χ4v) is 6.58. The summed E-state index contributed by atoms with van der Waals surface area (Å²) < 4.78 is 36.6. The minimum absolute atomic E-state index is 0. The zero-order valence-corrected chi connectivity index (χ0v) is 29.6. The smallest absolute Gasteiger partial charge is 0.410 e. The fraction of sp³-hybridized carbons (Fsp3) is 0.389. The van der Waals surface area contributed by atoms with Crippen molar-refractivity contribution in [2.75, 3.05) is 26.2 Å². The number of hydrogen-bond acceptors (Lipinski definition) is 8. The Morgan fingerprint density at radius 2 is 1.27 bits per heavy atom. The highest BCUT2D eigenvalue weighted by molar-refractivity contribution is 7.11. The summed E-state index contributed by atoms with van der Waals surface area (Å²) in [6.45, 7) is 13.7. The Labute approximate surface area is 289 Å². The lowest BCUT2D eigenvalue weighted by Crippen LogP contribution is -2.52. The molecule has 2 fully saturated rings. The summed E-state index contributed by atoms with van der Waals surface area (Å²) in [7, 11) is 0. The first-order chi connectivity index (χ1) is 22.6. The number of nitrogens with zero attached hydrogens (tertiary/aromatic N) is 4. The van der Waals surface area contributed by atoms with Crippen LogP contribution in [0.2, 0.25) is 0 Å². The maximum absolute atomic E-state index is 13.0. The molecule has 0 unspecified atom stereocenters. The monoisotopic (exact) mass is 696 g/mol. The van der Waals surface area contributed by atoms with Gasteiger partial charge < -0.3 is 19.3 Å². The second kappa shape index (κ2) is 14.5.